The standard InChI is InChI=1S/C16H17NO5S/c1-3-21-12-6-5-10(9-13(12)22-4-2)14(18)17-15-11(16(19)20)7-8-23-15/h5-9H,3-4H2,1-2H3,(H,17,18)(H,19,20). The van der Waals surface area contributed by atoms with Crippen LogP contribution in [0.5, 0.6) is 11.5 Å². The number of rotatable bonds is 7. The van der Waals surface area contributed by atoms with Crippen molar-refractivity contribution in [1.29, 1.82) is 0 Å². The van der Waals surface area contributed by atoms with Gasteiger partial charge in [0.2, 0.25) is 0 Å². The topological polar surface area (TPSA) is 84.9 Å². The number of ether oxygens (including phenoxy) is 2. The van der Waals surface area contributed by atoms with Gasteiger partial charge in [0.15, 0.2) is 11.5 Å². The number of carboxylic acid groups (broad SMARTS) is 1. The van der Waals surface area contributed by atoms with E-state index in [1.54, 1.807) is 23.6 Å². The molecule has 6 nitrogen and oxygen atoms in total. The Balaban J connectivity index is 2.23. The highest BCUT2D eigenvalue weighted by Gasteiger charge is 2.16. The summed E-state index contributed by atoms with van der Waals surface area (Å²) in [5.74, 6) is -0.443. The van der Waals surface area contributed by atoms with E-state index in [-0.39, 0.29) is 5.56 Å². The van der Waals surface area contributed by atoms with Crippen molar-refractivity contribution >= 4 is 28.2 Å². The van der Waals surface area contributed by atoms with Crippen molar-refractivity contribution in [3.05, 3.63) is 40.8 Å². The first-order valence-electron chi connectivity index (χ1n) is 7.08. The molecule has 23 heavy (non-hydrogen) atoms. The summed E-state index contributed by atoms with van der Waals surface area (Å²) in [5.41, 5.74) is 0.431. The van der Waals surface area contributed by atoms with Gasteiger partial charge >= 0.3 is 5.97 Å². The molecule has 7 heteroatoms. The summed E-state index contributed by atoms with van der Waals surface area (Å²) in [5, 5.41) is 13.6. The lowest BCUT2D eigenvalue weighted by Gasteiger charge is -2.12. The molecule has 2 N–H and O–H groups in total. The van der Waals surface area contributed by atoms with Crippen LogP contribution in [0.4, 0.5) is 5.00 Å². The Morgan fingerprint density at radius 2 is 1.83 bits per heavy atom. The molecule has 0 aliphatic carbocycles. The minimum atomic E-state index is -1.08. The van der Waals surface area contributed by atoms with E-state index >= 15 is 0 Å². The molecule has 0 fully saturated rings. The Kier molecular flexibility index (Phi) is 5.59. The van der Waals surface area contributed by atoms with Crippen molar-refractivity contribution in [3.8, 4) is 11.5 Å². The van der Waals surface area contributed by atoms with E-state index in [9.17, 15) is 9.59 Å². The van der Waals surface area contributed by atoms with Crippen LogP contribution in [0.1, 0.15) is 34.6 Å². The van der Waals surface area contributed by atoms with Crippen LogP contribution in [-0.2, 0) is 0 Å². The molecule has 1 amide bonds. The van der Waals surface area contributed by atoms with Crippen LogP contribution in [0.3, 0.4) is 0 Å². The van der Waals surface area contributed by atoms with Gasteiger partial charge in [0.25, 0.3) is 5.91 Å². The van der Waals surface area contributed by atoms with Crippen LogP contribution >= 0.6 is 11.3 Å². The normalized spacial score (nSPS) is 10.2. The number of benzene rings is 1. The molecular formula is C16H17NO5S. The summed E-state index contributed by atoms with van der Waals surface area (Å²) in [6.07, 6.45) is 0. The van der Waals surface area contributed by atoms with Crippen LogP contribution in [0.15, 0.2) is 29.6 Å². The Hall–Kier alpha value is -2.54. The number of hydrogen-bond acceptors (Lipinski definition) is 5. The number of hydrogen-bond donors (Lipinski definition) is 2. The van der Waals surface area contributed by atoms with Gasteiger partial charge in [0, 0.05) is 5.56 Å². The maximum Gasteiger partial charge on any atom is 0.338 e. The van der Waals surface area contributed by atoms with Gasteiger partial charge in [-0.05, 0) is 43.5 Å². The van der Waals surface area contributed by atoms with Gasteiger partial charge < -0.3 is 19.9 Å². The van der Waals surface area contributed by atoms with Crippen LogP contribution in [0, 0.1) is 0 Å². The minimum absolute atomic E-state index is 0.0688. The van der Waals surface area contributed by atoms with Crippen molar-refractivity contribution in [3.63, 3.8) is 0 Å². The second-order valence-electron chi connectivity index (χ2n) is 4.45. The van der Waals surface area contributed by atoms with Crippen molar-refractivity contribution in [1.82, 2.24) is 0 Å². The summed E-state index contributed by atoms with van der Waals surface area (Å²) in [6, 6.07) is 6.30. The zero-order valence-corrected chi connectivity index (χ0v) is 13.6. The van der Waals surface area contributed by atoms with Gasteiger partial charge in [-0.2, -0.15) is 0 Å². The monoisotopic (exact) mass is 335 g/mol. The van der Waals surface area contributed by atoms with Gasteiger partial charge in [0.05, 0.1) is 18.8 Å². The third kappa shape index (κ3) is 4.01. The fraction of sp³-hybridized carbons (Fsp3) is 0.250. The largest absolute Gasteiger partial charge is 0.490 e. The van der Waals surface area contributed by atoms with Gasteiger partial charge in [0.1, 0.15) is 5.00 Å². The molecule has 2 rings (SSSR count). The molecule has 1 aromatic carbocycles. The average Bonchev–Trinajstić information content (AvgIpc) is 2.97. The highest BCUT2D eigenvalue weighted by molar-refractivity contribution is 7.14. The van der Waals surface area contributed by atoms with Crippen LogP contribution in [-0.4, -0.2) is 30.2 Å². The first kappa shape index (κ1) is 16.8. The number of carbonyl (C=O) groups excluding carboxylic acids is 1. The highest BCUT2D eigenvalue weighted by Crippen LogP contribution is 2.29. The molecule has 0 unspecified atom stereocenters. The lowest BCUT2D eigenvalue weighted by atomic mass is 10.2. The number of amides is 1. The molecule has 0 aliphatic rings. The van der Waals surface area contributed by atoms with Crippen LogP contribution in [0.25, 0.3) is 0 Å². The van der Waals surface area contributed by atoms with Crippen molar-refractivity contribution in [2.75, 3.05) is 18.5 Å². The molecule has 122 valence electrons. The predicted molar refractivity (Wildman–Crippen MR) is 88.0 cm³/mol. The molecule has 0 saturated heterocycles. The molecular weight excluding hydrogens is 318 g/mol. The van der Waals surface area contributed by atoms with E-state index in [0.29, 0.717) is 35.3 Å². The third-order valence-corrected chi connectivity index (χ3v) is 3.76. The smallest absolute Gasteiger partial charge is 0.338 e. The Morgan fingerprint density at radius 3 is 2.48 bits per heavy atom. The maximum atomic E-state index is 12.3. The number of nitrogens with one attached hydrogen (secondary N) is 1. The minimum Gasteiger partial charge on any atom is -0.490 e. The lowest BCUT2D eigenvalue weighted by Crippen LogP contribution is -2.13. The highest BCUT2D eigenvalue weighted by atomic mass is 32.1. The quantitative estimate of drug-likeness (QED) is 0.809. The van der Waals surface area contributed by atoms with Gasteiger partial charge in [-0.1, -0.05) is 0 Å². The Bertz CT molecular complexity index is 710. The first-order valence-corrected chi connectivity index (χ1v) is 7.96. The van der Waals surface area contributed by atoms with E-state index in [1.807, 2.05) is 13.8 Å². The van der Waals surface area contributed by atoms with Gasteiger partial charge in [-0.3, -0.25) is 4.79 Å². The van der Waals surface area contributed by atoms with E-state index in [1.165, 1.54) is 6.07 Å². The molecule has 0 radical (unpaired) electrons. The van der Waals surface area contributed by atoms with E-state index < -0.39 is 11.9 Å². The number of carboxylic acids is 1. The number of thiophene rings is 1. The van der Waals surface area contributed by atoms with Crippen LogP contribution < -0.4 is 14.8 Å². The summed E-state index contributed by atoms with van der Waals surface area (Å²) >= 11 is 1.16. The lowest BCUT2D eigenvalue weighted by molar-refractivity contribution is 0.0698. The summed E-state index contributed by atoms with van der Waals surface area (Å²) in [6.45, 7) is 4.63. The average molecular weight is 335 g/mol. The fourth-order valence-corrected chi connectivity index (χ4v) is 2.72. The SMILES string of the molecule is CCOc1ccc(C(=O)Nc2sccc2C(=O)O)cc1OCC. The zero-order valence-electron chi connectivity index (χ0n) is 12.8. The number of anilines is 1. The molecule has 0 aliphatic heterocycles. The molecule has 2 aromatic rings. The third-order valence-electron chi connectivity index (χ3n) is 2.93. The second-order valence-corrected chi connectivity index (χ2v) is 5.37. The second kappa shape index (κ2) is 7.64. The van der Waals surface area contributed by atoms with Gasteiger partial charge in [-0.25, -0.2) is 4.79 Å². The van der Waals surface area contributed by atoms with E-state index in [0.717, 1.165) is 11.3 Å². The first-order chi connectivity index (χ1) is 11.1. The number of carbonyl (C=O) groups is 2. The molecule has 0 atom stereocenters. The molecule has 1 aromatic heterocycles. The number of aromatic carboxylic acids is 1. The van der Waals surface area contributed by atoms with E-state index in [2.05, 4.69) is 5.32 Å². The molecule has 0 saturated carbocycles. The van der Waals surface area contributed by atoms with E-state index in [4.69, 9.17) is 14.6 Å². The van der Waals surface area contributed by atoms with Gasteiger partial charge in [-0.15, -0.1) is 11.3 Å². The maximum absolute atomic E-state index is 12.3. The summed E-state index contributed by atoms with van der Waals surface area (Å²) < 4.78 is 10.9. The molecule has 1 heterocycles. The van der Waals surface area contributed by atoms with Crippen molar-refractivity contribution in [2.45, 2.75) is 13.8 Å². The summed E-state index contributed by atoms with van der Waals surface area (Å²) in [7, 11) is 0. The van der Waals surface area contributed by atoms with Crippen molar-refractivity contribution < 1.29 is 24.2 Å². The van der Waals surface area contributed by atoms with Crippen molar-refractivity contribution in [2.24, 2.45) is 0 Å². The Morgan fingerprint density at radius 1 is 1.13 bits per heavy atom. The van der Waals surface area contributed by atoms with Crippen LogP contribution in [0.2, 0.25) is 0 Å². The molecule has 0 spiro atoms. The molecule has 0 bridgehead atoms. The Labute approximate surface area is 137 Å². The predicted octanol–water partition coefficient (Wildman–Crippen LogP) is 3.50. The fourth-order valence-electron chi connectivity index (χ4n) is 1.94. The zero-order chi connectivity index (χ0) is 16.8. The summed E-state index contributed by atoms with van der Waals surface area (Å²) in [4.78, 5) is 23.4.